The number of nitrogens with zero attached hydrogens (tertiary/aromatic N) is 1. The molecule has 1 saturated heterocycles. The van der Waals surface area contributed by atoms with Gasteiger partial charge in [0.1, 0.15) is 11.4 Å². The Labute approximate surface area is 182 Å². The van der Waals surface area contributed by atoms with Crippen LogP contribution < -0.4 is 10.2 Å². The number of piperidine rings is 1. The van der Waals surface area contributed by atoms with Crippen molar-refractivity contribution in [2.45, 2.75) is 37.7 Å². The number of hydrogen-bond donors (Lipinski definition) is 2. The Morgan fingerprint density at radius 2 is 1.94 bits per heavy atom. The molecule has 2 heterocycles. The van der Waals surface area contributed by atoms with Crippen molar-refractivity contribution < 1.29 is 19.5 Å². The number of nitrogens with one attached hydrogen (secondary N) is 1. The fourth-order valence-corrected chi connectivity index (χ4v) is 4.44. The number of ether oxygens (including phenoxy) is 1. The quantitative estimate of drug-likeness (QED) is 0.424. The lowest BCUT2D eigenvalue weighted by molar-refractivity contribution is -0.124. The topological polar surface area (TPSA) is 78.9 Å². The van der Waals surface area contributed by atoms with Crippen LogP contribution >= 0.6 is 0 Å². The number of Topliss-reactive ketones (excluding diaryl/α,β-unsaturated/α-hetero) is 1. The van der Waals surface area contributed by atoms with E-state index in [-0.39, 0.29) is 5.78 Å². The van der Waals surface area contributed by atoms with Crippen LogP contribution in [0.2, 0.25) is 0 Å². The second-order valence-corrected chi connectivity index (χ2v) is 8.38. The van der Waals surface area contributed by atoms with Crippen molar-refractivity contribution in [3.63, 3.8) is 0 Å². The summed E-state index contributed by atoms with van der Waals surface area (Å²) in [5.41, 5.74) is 3.78. The number of carbonyl (C=O) groups excluding carboxylic acids is 2. The molecule has 2 aliphatic rings. The van der Waals surface area contributed by atoms with E-state index in [1.54, 1.807) is 23.7 Å². The van der Waals surface area contributed by atoms with Crippen LogP contribution in [-0.2, 0) is 11.2 Å². The normalized spacial score (nSPS) is 18.0. The maximum absolute atomic E-state index is 12.9. The summed E-state index contributed by atoms with van der Waals surface area (Å²) < 4.78 is 6.36. The molecule has 0 unspecified atom stereocenters. The Kier molecular flexibility index (Phi) is 6.49. The van der Waals surface area contributed by atoms with Crippen LogP contribution in [0.5, 0.6) is 5.75 Å². The van der Waals surface area contributed by atoms with Crippen molar-refractivity contribution in [2.75, 3.05) is 19.6 Å². The maximum atomic E-state index is 12.9. The number of hydrogen-bond acceptors (Lipinski definition) is 5. The zero-order valence-corrected chi connectivity index (χ0v) is 17.5. The van der Waals surface area contributed by atoms with E-state index in [9.17, 15) is 9.59 Å². The Morgan fingerprint density at radius 3 is 2.68 bits per heavy atom. The van der Waals surface area contributed by atoms with E-state index >= 15 is 0 Å². The second kappa shape index (κ2) is 9.45. The van der Waals surface area contributed by atoms with Crippen LogP contribution in [0.3, 0.4) is 0 Å². The zero-order valence-electron chi connectivity index (χ0n) is 17.5. The summed E-state index contributed by atoms with van der Waals surface area (Å²) in [5.74, 6) is 0.0907. The minimum absolute atomic E-state index is 0.0839. The van der Waals surface area contributed by atoms with Gasteiger partial charge in [-0.3, -0.25) is 14.8 Å². The molecule has 2 N–H and O–H groups in total. The minimum atomic E-state index is -0.616. The van der Waals surface area contributed by atoms with Crippen molar-refractivity contribution in [1.29, 1.82) is 0 Å². The fourth-order valence-electron chi connectivity index (χ4n) is 4.44. The van der Waals surface area contributed by atoms with Gasteiger partial charge in [-0.2, -0.15) is 0 Å². The third-order valence-corrected chi connectivity index (χ3v) is 6.20. The number of likely N-dealkylation sites (tertiary alicyclic amines) is 1. The van der Waals surface area contributed by atoms with Crippen LogP contribution in [0.15, 0.2) is 54.6 Å². The van der Waals surface area contributed by atoms with E-state index in [4.69, 9.17) is 9.94 Å². The van der Waals surface area contributed by atoms with Gasteiger partial charge in [-0.15, -0.1) is 0 Å². The molecule has 1 spiro atoms. The van der Waals surface area contributed by atoms with E-state index in [1.807, 2.05) is 12.1 Å². The molecule has 4 rings (SSSR count). The first kappa shape index (κ1) is 21.3. The fraction of sp³-hybridized carbons (Fsp3) is 0.360. The largest absolute Gasteiger partial charge is 0.486 e. The molecule has 2 aromatic carbocycles. The van der Waals surface area contributed by atoms with Gasteiger partial charge in [0.15, 0.2) is 5.78 Å². The van der Waals surface area contributed by atoms with Crippen LogP contribution in [-0.4, -0.2) is 47.0 Å². The third kappa shape index (κ3) is 5.21. The first-order valence-electron chi connectivity index (χ1n) is 10.8. The molecule has 31 heavy (non-hydrogen) atoms. The molecular weight excluding hydrogens is 392 g/mol. The summed E-state index contributed by atoms with van der Waals surface area (Å²) in [6.45, 7) is 2.94. The summed E-state index contributed by atoms with van der Waals surface area (Å²) in [6.07, 6.45) is 7.07. The highest BCUT2D eigenvalue weighted by molar-refractivity contribution is 6.01. The minimum Gasteiger partial charge on any atom is -0.486 e. The van der Waals surface area contributed by atoms with Gasteiger partial charge in [0.05, 0.1) is 12.0 Å². The number of amides is 1. The van der Waals surface area contributed by atoms with Crippen molar-refractivity contribution >= 4 is 17.8 Å². The maximum Gasteiger partial charge on any atom is 0.267 e. The first-order valence-corrected chi connectivity index (χ1v) is 10.8. The van der Waals surface area contributed by atoms with Gasteiger partial charge in [-0.25, -0.2) is 5.48 Å². The summed E-state index contributed by atoms with van der Waals surface area (Å²) in [7, 11) is 0. The SMILES string of the molecule is O=C(/C=C/c1ccc2c(c1)C(=O)CC1(CCN(CCCc3ccccc3)CC1)O2)NO. The van der Waals surface area contributed by atoms with E-state index in [1.165, 1.54) is 11.6 Å². The van der Waals surface area contributed by atoms with E-state index < -0.39 is 11.5 Å². The van der Waals surface area contributed by atoms with Crippen molar-refractivity contribution in [2.24, 2.45) is 0 Å². The molecule has 162 valence electrons. The number of carbonyl (C=O) groups is 2. The number of benzene rings is 2. The van der Waals surface area contributed by atoms with Gasteiger partial charge in [-0.1, -0.05) is 36.4 Å². The lowest BCUT2D eigenvalue weighted by atomic mass is 9.82. The monoisotopic (exact) mass is 420 g/mol. The second-order valence-electron chi connectivity index (χ2n) is 8.38. The third-order valence-electron chi connectivity index (χ3n) is 6.20. The van der Waals surface area contributed by atoms with Gasteiger partial charge >= 0.3 is 0 Å². The highest BCUT2D eigenvalue weighted by atomic mass is 16.5. The molecule has 1 amide bonds. The number of fused-ring (bicyclic) bond motifs is 1. The van der Waals surface area contributed by atoms with Gasteiger partial charge in [0.25, 0.3) is 5.91 Å². The molecule has 0 atom stereocenters. The van der Waals surface area contributed by atoms with Crippen molar-refractivity contribution in [1.82, 2.24) is 10.4 Å². The number of hydroxylamine groups is 1. The summed E-state index contributed by atoms with van der Waals surface area (Å²) in [4.78, 5) is 26.5. The van der Waals surface area contributed by atoms with Gasteiger partial charge in [0.2, 0.25) is 0 Å². The van der Waals surface area contributed by atoms with E-state index in [2.05, 4.69) is 29.2 Å². The smallest absolute Gasteiger partial charge is 0.267 e. The Morgan fingerprint density at radius 1 is 1.16 bits per heavy atom. The molecule has 0 aliphatic carbocycles. The van der Waals surface area contributed by atoms with Crippen molar-refractivity contribution in [3.05, 3.63) is 71.3 Å². The van der Waals surface area contributed by atoms with Crippen LogP contribution in [0, 0.1) is 0 Å². The van der Waals surface area contributed by atoms with Gasteiger partial charge < -0.3 is 9.64 Å². The molecule has 0 aromatic heterocycles. The summed E-state index contributed by atoms with van der Waals surface area (Å²) in [6, 6.07) is 15.9. The van der Waals surface area contributed by atoms with Gasteiger partial charge in [0, 0.05) is 32.0 Å². The summed E-state index contributed by atoms with van der Waals surface area (Å²) >= 11 is 0. The highest BCUT2D eigenvalue weighted by Crippen LogP contribution is 2.39. The number of ketones is 1. The number of rotatable bonds is 6. The average Bonchev–Trinajstić information content (AvgIpc) is 2.80. The van der Waals surface area contributed by atoms with Crippen LogP contribution in [0.4, 0.5) is 0 Å². The Hall–Kier alpha value is -2.96. The van der Waals surface area contributed by atoms with E-state index in [0.29, 0.717) is 23.3 Å². The predicted molar refractivity (Wildman–Crippen MR) is 118 cm³/mol. The molecule has 0 saturated carbocycles. The van der Waals surface area contributed by atoms with Gasteiger partial charge in [-0.05, 0) is 48.7 Å². The molecule has 6 heteroatoms. The first-order chi connectivity index (χ1) is 15.1. The Balaban J connectivity index is 1.33. The highest BCUT2D eigenvalue weighted by Gasteiger charge is 2.42. The molecule has 1 fully saturated rings. The molecule has 2 aliphatic heterocycles. The van der Waals surface area contributed by atoms with Crippen LogP contribution in [0.25, 0.3) is 6.08 Å². The summed E-state index contributed by atoms with van der Waals surface area (Å²) in [5, 5.41) is 8.58. The van der Waals surface area contributed by atoms with E-state index in [0.717, 1.165) is 45.3 Å². The predicted octanol–water partition coefficient (Wildman–Crippen LogP) is 3.64. The number of aryl methyl sites for hydroxylation is 1. The standard InChI is InChI=1S/C25H28N2O4/c28-22-18-25(31-23-10-8-20(17-21(22)23)9-11-24(29)26-30)12-15-27(16-13-25)14-4-7-19-5-2-1-3-6-19/h1-3,5-6,8-11,17,30H,4,7,12-16,18H2,(H,26,29)/b11-9+. The zero-order chi connectivity index (χ0) is 21.7. The lowest BCUT2D eigenvalue weighted by Gasteiger charge is -2.44. The molecule has 2 aromatic rings. The van der Waals surface area contributed by atoms with Crippen molar-refractivity contribution in [3.8, 4) is 5.75 Å². The molecule has 0 bridgehead atoms. The van der Waals surface area contributed by atoms with Crippen LogP contribution in [0.1, 0.15) is 47.2 Å². The molecule has 0 radical (unpaired) electrons. The molecule has 6 nitrogen and oxygen atoms in total. The average molecular weight is 421 g/mol. The molecular formula is C25H28N2O4. The lowest BCUT2D eigenvalue weighted by Crippen LogP contribution is -2.51. The Bertz CT molecular complexity index is 963.